The first-order valence-corrected chi connectivity index (χ1v) is 4.91. The summed E-state index contributed by atoms with van der Waals surface area (Å²) in [6.07, 6.45) is 4.17. The van der Waals surface area contributed by atoms with Gasteiger partial charge in [0.05, 0.1) is 0 Å². The van der Waals surface area contributed by atoms with E-state index in [9.17, 15) is 0 Å². The van der Waals surface area contributed by atoms with Gasteiger partial charge < -0.3 is 10.7 Å². The molecular formula is C8H13IN2. The maximum absolute atomic E-state index is 5.88. The van der Waals surface area contributed by atoms with Crippen molar-refractivity contribution in [2.75, 3.05) is 0 Å². The predicted molar refractivity (Wildman–Crippen MR) is 55.3 cm³/mol. The molecule has 0 aliphatic rings. The van der Waals surface area contributed by atoms with E-state index in [1.165, 1.54) is 3.57 Å². The second kappa shape index (κ2) is 4.11. The van der Waals surface area contributed by atoms with Crippen molar-refractivity contribution in [2.24, 2.45) is 5.73 Å². The number of H-pyrrole nitrogens is 1. The normalized spacial score (nSPS) is 13.4. The fraction of sp³-hybridized carbons (Fsp3) is 0.500. The number of hydrogen-bond acceptors (Lipinski definition) is 1. The van der Waals surface area contributed by atoms with E-state index in [-0.39, 0.29) is 6.04 Å². The number of aromatic nitrogens is 1. The Morgan fingerprint density at radius 2 is 2.45 bits per heavy atom. The Morgan fingerprint density at radius 3 is 2.91 bits per heavy atom. The van der Waals surface area contributed by atoms with Crippen molar-refractivity contribution in [3.8, 4) is 0 Å². The maximum atomic E-state index is 5.88. The maximum Gasteiger partial charge on any atom is 0.0448 e. The van der Waals surface area contributed by atoms with Gasteiger partial charge in [-0.2, -0.15) is 0 Å². The fourth-order valence-corrected chi connectivity index (χ4v) is 1.56. The molecule has 0 spiro atoms. The first kappa shape index (κ1) is 9.06. The third-order valence-electron chi connectivity index (χ3n) is 1.67. The summed E-state index contributed by atoms with van der Waals surface area (Å²) in [4.78, 5) is 3.16. The Morgan fingerprint density at radius 1 is 1.73 bits per heavy atom. The lowest BCUT2D eigenvalue weighted by Gasteiger charge is -2.06. The predicted octanol–water partition coefficient (Wildman–Crippen LogP) is 2.42. The van der Waals surface area contributed by atoms with Crippen molar-refractivity contribution in [3.63, 3.8) is 0 Å². The molecule has 0 aliphatic heterocycles. The molecule has 0 unspecified atom stereocenters. The van der Waals surface area contributed by atoms with Gasteiger partial charge in [-0.3, -0.25) is 0 Å². The van der Waals surface area contributed by atoms with Crippen LogP contribution in [0.3, 0.4) is 0 Å². The lowest BCUT2D eigenvalue weighted by atomic mass is 10.1. The Kier molecular flexibility index (Phi) is 3.39. The SMILES string of the molecule is CCC[C@@H](N)c1cc(I)c[nH]1. The van der Waals surface area contributed by atoms with Crippen LogP contribution in [0.2, 0.25) is 0 Å². The van der Waals surface area contributed by atoms with Crippen LogP contribution in [0.4, 0.5) is 0 Å². The molecule has 0 aromatic carbocycles. The summed E-state index contributed by atoms with van der Waals surface area (Å²) < 4.78 is 1.23. The van der Waals surface area contributed by atoms with Gasteiger partial charge in [-0.15, -0.1) is 0 Å². The third-order valence-corrected chi connectivity index (χ3v) is 2.29. The zero-order valence-electron chi connectivity index (χ0n) is 6.60. The minimum atomic E-state index is 0.184. The largest absolute Gasteiger partial charge is 0.363 e. The lowest BCUT2D eigenvalue weighted by molar-refractivity contribution is 0.625. The van der Waals surface area contributed by atoms with Crippen LogP contribution in [0.25, 0.3) is 0 Å². The van der Waals surface area contributed by atoms with E-state index in [1.54, 1.807) is 0 Å². The molecule has 1 heterocycles. The quantitative estimate of drug-likeness (QED) is 0.809. The van der Waals surface area contributed by atoms with Gasteiger partial charge in [0.1, 0.15) is 0 Å². The van der Waals surface area contributed by atoms with Crippen LogP contribution in [-0.2, 0) is 0 Å². The molecule has 1 aromatic heterocycles. The Balaban J connectivity index is 2.60. The molecule has 0 saturated carbocycles. The van der Waals surface area contributed by atoms with Crippen LogP contribution in [-0.4, -0.2) is 4.98 Å². The first-order valence-electron chi connectivity index (χ1n) is 3.83. The molecule has 0 aliphatic carbocycles. The number of rotatable bonds is 3. The molecule has 1 aromatic rings. The van der Waals surface area contributed by atoms with E-state index in [1.807, 2.05) is 6.20 Å². The van der Waals surface area contributed by atoms with Gasteiger partial charge in [-0.1, -0.05) is 13.3 Å². The van der Waals surface area contributed by atoms with E-state index in [4.69, 9.17) is 5.73 Å². The average Bonchev–Trinajstić information content (AvgIpc) is 2.36. The topological polar surface area (TPSA) is 41.8 Å². The molecule has 11 heavy (non-hydrogen) atoms. The molecule has 0 bridgehead atoms. The number of nitrogens with two attached hydrogens (primary N) is 1. The fourth-order valence-electron chi connectivity index (χ4n) is 1.06. The molecule has 3 N–H and O–H groups in total. The zero-order chi connectivity index (χ0) is 8.27. The summed E-state index contributed by atoms with van der Waals surface area (Å²) >= 11 is 2.28. The van der Waals surface area contributed by atoms with Crippen molar-refractivity contribution in [2.45, 2.75) is 25.8 Å². The van der Waals surface area contributed by atoms with Crippen LogP contribution < -0.4 is 5.73 Å². The van der Waals surface area contributed by atoms with Crippen LogP contribution in [0.15, 0.2) is 12.3 Å². The summed E-state index contributed by atoms with van der Waals surface area (Å²) in [6, 6.07) is 2.28. The van der Waals surface area contributed by atoms with Crippen LogP contribution >= 0.6 is 22.6 Å². The van der Waals surface area contributed by atoms with E-state index >= 15 is 0 Å². The molecule has 0 radical (unpaired) electrons. The van der Waals surface area contributed by atoms with Crippen molar-refractivity contribution in [3.05, 3.63) is 21.5 Å². The van der Waals surface area contributed by atoms with Crippen LogP contribution in [0.5, 0.6) is 0 Å². The Bertz CT molecular complexity index is 220. The number of hydrogen-bond donors (Lipinski definition) is 2. The second-order valence-electron chi connectivity index (χ2n) is 2.67. The van der Waals surface area contributed by atoms with Gasteiger partial charge in [0.25, 0.3) is 0 Å². The second-order valence-corrected chi connectivity index (χ2v) is 3.91. The molecule has 0 fully saturated rings. The highest BCUT2D eigenvalue weighted by Crippen LogP contribution is 2.16. The third kappa shape index (κ3) is 2.48. The summed E-state index contributed by atoms with van der Waals surface area (Å²) in [5.74, 6) is 0. The average molecular weight is 264 g/mol. The van der Waals surface area contributed by atoms with E-state index in [2.05, 4.69) is 40.6 Å². The van der Waals surface area contributed by atoms with Crippen LogP contribution in [0, 0.1) is 3.57 Å². The molecule has 2 nitrogen and oxygen atoms in total. The van der Waals surface area contributed by atoms with Gasteiger partial charge >= 0.3 is 0 Å². The number of halogens is 1. The highest BCUT2D eigenvalue weighted by atomic mass is 127. The number of aromatic amines is 1. The van der Waals surface area contributed by atoms with Crippen molar-refractivity contribution in [1.82, 2.24) is 4.98 Å². The smallest absolute Gasteiger partial charge is 0.0448 e. The van der Waals surface area contributed by atoms with Crippen molar-refractivity contribution >= 4 is 22.6 Å². The molecular weight excluding hydrogens is 251 g/mol. The van der Waals surface area contributed by atoms with E-state index in [0.717, 1.165) is 18.5 Å². The van der Waals surface area contributed by atoms with E-state index < -0.39 is 0 Å². The molecule has 0 amide bonds. The summed E-state index contributed by atoms with van der Waals surface area (Å²) in [6.45, 7) is 2.15. The summed E-state index contributed by atoms with van der Waals surface area (Å²) in [7, 11) is 0. The minimum absolute atomic E-state index is 0.184. The monoisotopic (exact) mass is 264 g/mol. The summed E-state index contributed by atoms with van der Waals surface area (Å²) in [5.41, 5.74) is 7.03. The van der Waals surface area contributed by atoms with Gasteiger partial charge in [0.2, 0.25) is 0 Å². The zero-order valence-corrected chi connectivity index (χ0v) is 8.76. The number of nitrogens with one attached hydrogen (secondary N) is 1. The standard InChI is InChI=1S/C8H13IN2/c1-2-3-7(10)8-4-6(9)5-11-8/h4-5,7,11H,2-3,10H2,1H3/t7-/m1/s1. The highest BCUT2D eigenvalue weighted by molar-refractivity contribution is 14.1. The Hall–Kier alpha value is -0.0300. The Labute approximate surface area is 80.7 Å². The molecule has 62 valence electrons. The first-order chi connectivity index (χ1) is 5.24. The highest BCUT2D eigenvalue weighted by Gasteiger charge is 2.05. The van der Waals surface area contributed by atoms with Gasteiger partial charge in [-0.25, -0.2) is 0 Å². The van der Waals surface area contributed by atoms with Crippen molar-refractivity contribution in [1.29, 1.82) is 0 Å². The van der Waals surface area contributed by atoms with Crippen LogP contribution in [0.1, 0.15) is 31.5 Å². The van der Waals surface area contributed by atoms with E-state index in [0.29, 0.717) is 0 Å². The lowest BCUT2D eigenvalue weighted by Crippen LogP contribution is -2.09. The molecule has 1 atom stereocenters. The molecule has 1 rings (SSSR count). The van der Waals surface area contributed by atoms with Crippen molar-refractivity contribution < 1.29 is 0 Å². The molecule has 3 heteroatoms. The summed E-state index contributed by atoms with van der Waals surface area (Å²) in [5, 5.41) is 0. The molecule has 0 saturated heterocycles. The van der Waals surface area contributed by atoms with Gasteiger partial charge in [-0.05, 0) is 35.1 Å². The minimum Gasteiger partial charge on any atom is -0.363 e. The van der Waals surface area contributed by atoms with Gasteiger partial charge in [0.15, 0.2) is 0 Å². The van der Waals surface area contributed by atoms with Gasteiger partial charge in [0, 0.05) is 21.5 Å².